The zero-order valence-corrected chi connectivity index (χ0v) is 11.8. The van der Waals surface area contributed by atoms with E-state index in [2.05, 4.69) is 0 Å². The zero-order chi connectivity index (χ0) is 14.9. The lowest BCUT2D eigenvalue weighted by Gasteiger charge is -2.24. The molecule has 3 rings (SSSR count). The summed E-state index contributed by atoms with van der Waals surface area (Å²) in [6.45, 7) is 2.13. The maximum atomic E-state index is 10.5. The highest BCUT2D eigenvalue weighted by molar-refractivity contribution is 5.44. The highest BCUT2D eigenvalue weighted by Gasteiger charge is 2.25. The van der Waals surface area contributed by atoms with Crippen LogP contribution in [0.3, 0.4) is 0 Å². The van der Waals surface area contributed by atoms with Crippen molar-refractivity contribution in [2.75, 3.05) is 13.2 Å². The fraction of sp³-hybridized carbons (Fsp3) is 0.294. The number of fused-ring (bicyclic) bond motifs is 1. The molecule has 0 saturated carbocycles. The van der Waals surface area contributed by atoms with Crippen LogP contribution in [0.5, 0.6) is 11.5 Å². The molecular formula is C17H18O4. The fourth-order valence-corrected chi connectivity index (χ4v) is 2.37. The average molecular weight is 286 g/mol. The van der Waals surface area contributed by atoms with E-state index in [-0.39, 0.29) is 13.2 Å². The lowest BCUT2D eigenvalue weighted by molar-refractivity contribution is 0.00754. The lowest BCUT2D eigenvalue weighted by Crippen LogP contribution is -2.29. The minimum Gasteiger partial charge on any atom is -0.490 e. The number of hydrogen-bond donors (Lipinski definition) is 2. The molecule has 0 bridgehead atoms. The maximum absolute atomic E-state index is 10.5. The first-order chi connectivity index (χ1) is 10.1. The molecule has 4 heteroatoms. The normalized spacial score (nSPS) is 19.5. The number of aliphatic hydroxyl groups excluding tert-OH is 1. The molecule has 0 amide bonds. The Morgan fingerprint density at radius 1 is 1.24 bits per heavy atom. The standard InChI is InChI=1S/C17H18O4/c1-17(19,12-5-3-2-4-6-12)11-21-13-7-8-14-15(18)10-20-16(14)9-13/h2-9,15,18-19H,10-11H2,1H3. The molecule has 0 radical (unpaired) electrons. The van der Waals surface area contributed by atoms with Crippen LogP contribution in [0, 0.1) is 0 Å². The molecule has 1 aliphatic heterocycles. The molecule has 21 heavy (non-hydrogen) atoms. The summed E-state index contributed by atoms with van der Waals surface area (Å²) in [5.41, 5.74) is 0.510. The Morgan fingerprint density at radius 2 is 2.00 bits per heavy atom. The monoisotopic (exact) mass is 286 g/mol. The van der Waals surface area contributed by atoms with E-state index >= 15 is 0 Å². The molecule has 2 unspecified atom stereocenters. The first-order valence-electron chi connectivity index (χ1n) is 6.92. The topological polar surface area (TPSA) is 58.9 Å². The van der Waals surface area contributed by atoms with E-state index in [0.29, 0.717) is 11.5 Å². The molecule has 1 aliphatic rings. The van der Waals surface area contributed by atoms with E-state index in [1.54, 1.807) is 25.1 Å². The summed E-state index contributed by atoms with van der Waals surface area (Å²) in [7, 11) is 0. The Morgan fingerprint density at radius 3 is 2.76 bits per heavy atom. The lowest BCUT2D eigenvalue weighted by atomic mass is 9.97. The molecule has 1 heterocycles. The fourth-order valence-electron chi connectivity index (χ4n) is 2.37. The summed E-state index contributed by atoms with van der Waals surface area (Å²) in [5.74, 6) is 1.25. The third-order valence-electron chi connectivity index (χ3n) is 3.66. The van der Waals surface area contributed by atoms with E-state index in [1.165, 1.54) is 0 Å². The minimum absolute atomic E-state index is 0.137. The van der Waals surface area contributed by atoms with Gasteiger partial charge in [-0.2, -0.15) is 0 Å². The van der Waals surface area contributed by atoms with Gasteiger partial charge in [0.2, 0.25) is 0 Å². The van der Waals surface area contributed by atoms with E-state index in [4.69, 9.17) is 9.47 Å². The van der Waals surface area contributed by atoms with Gasteiger partial charge in [0.1, 0.15) is 36.4 Å². The largest absolute Gasteiger partial charge is 0.490 e. The zero-order valence-electron chi connectivity index (χ0n) is 11.8. The van der Waals surface area contributed by atoms with Crippen LogP contribution in [-0.4, -0.2) is 23.4 Å². The second-order valence-corrected chi connectivity index (χ2v) is 5.45. The Balaban J connectivity index is 1.71. The van der Waals surface area contributed by atoms with Gasteiger partial charge in [-0.1, -0.05) is 30.3 Å². The van der Waals surface area contributed by atoms with Gasteiger partial charge < -0.3 is 19.7 Å². The Kier molecular flexibility index (Phi) is 3.57. The van der Waals surface area contributed by atoms with Crippen molar-refractivity contribution in [2.24, 2.45) is 0 Å². The van der Waals surface area contributed by atoms with Gasteiger partial charge in [-0.3, -0.25) is 0 Å². The molecule has 0 aliphatic carbocycles. The molecule has 2 aromatic rings. The summed E-state index contributed by atoms with van der Waals surface area (Å²) in [6.07, 6.45) is -0.568. The van der Waals surface area contributed by atoms with Crippen molar-refractivity contribution in [1.29, 1.82) is 0 Å². The van der Waals surface area contributed by atoms with Crippen molar-refractivity contribution >= 4 is 0 Å². The maximum Gasteiger partial charge on any atom is 0.129 e. The highest BCUT2D eigenvalue weighted by Crippen LogP contribution is 2.35. The Labute approximate surface area is 123 Å². The van der Waals surface area contributed by atoms with Crippen LogP contribution < -0.4 is 9.47 Å². The van der Waals surface area contributed by atoms with E-state index in [1.807, 2.05) is 30.3 Å². The van der Waals surface area contributed by atoms with Crippen molar-refractivity contribution in [3.63, 3.8) is 0 Å². The predicted molar refractivity (Wildman–Crippen MR) is 78.4 cm³/mol. The van der Waals surface area contributed by atoms with Gasteiger partial charge in [0.15, 0.2) is 0 Å². The summed E-state index contributed by atoms with van der Waals surface area (Å²) in [5, 5.41) is 20.2. The van der Waals surface area contributed by atoms with E-state index < -0.39 is 11.7 Å². The van der Waals surface area contributed by atoms with Crippen molar-refractivity contribution in [3.05, 3.63) is 59.7 Å². The van der Waals surface area contributed by atoms with Crippen molar-refractivity contribution in [2.45, 2.75) is 18.6 Å². The van der Waals surface area contributed by atoms with Crippen molar-refractivity contribution in [1.82, 2.24) is 0 Å². The number of hydrogen-bond acceptors (Lipinski definition) is 4. The second kappa shape index (κ2) is 5.39. The molecular weight excluding hydrogens is 268 g/mol. The average Bonchev–Trinajstić information content (AvgIpc) is 2.87. The Hall–Kier alpha value is -2.04. The third-order valence-corrected chi connectivity index (χ3v) is 3.66. The first-order valence-corrected chi connectivity index (χ1v) is 6.92. The smallest absolute Gasteiger partial charge is 0.129 e. The highest BCUT2D eigenvalue weighted by atomic mass is 16.5. The van der Waals surface area contributed by atoms with Crippen LogP contribution in [0.25, 0.3) is 0 Å². The molecule has 0 fully saturated rings. The molecule has 110 valence electrons. The second-order valence-electron chi connectivity index (χ2n) is 5.45. The number of ether oxygens (including phenoxy) is 2. The van der Waals surface area contributed by atoms with Crippen molar-refractivity contribution < 1.29 is 19.7 Å². The van der Waals surface area contributed by atoms with Gasteiger partial charge in [-0.15, -0.1) is 0 Å². The summed E-state index contributed by atoms with van der Waals surface area (Å²) >= 11 is 0. The van der Waals surface area contributed by atoms with Gasteiger partial charge in [0.25, 0.3) is 0 Å². The molecule has 4 nitrogen and oxygen atoms in total. The van der Waals surface area contributed by atoms with Gasteiger partial charge in [-0.25, -0.2) is 0 Å². The number of benzene rings is 2. The van der Waals surface area contributed by atoms with E-state index in [0.717, 1.165) is 11.1 Å². The number of aliphatic hydroxyl groups is 2. The molecule has 0 spiro atoms. The van der Waals surface area contributed by atoms with Crippen LogP contribution in [0.15, 0.2) is 48.5 Å². The van der Waals surface area contributed by atoms with E-state index in [9.17, 15) is 10.2 Å². The quantitative estimate of drug-likeness (QED) is 0.906. The van der Waals surface area contributed by atoms with Crippen LogP contribution in [0.1, 0.15) is 24.2 Å². The van der Waals surface area contributed by atoms with Crippen LogP contribution >= 0.6 is 0 Å². The minimum atomic E-state index is -1.07. The van der Waals surface area contributed by atoms with Crippen LogP contribution in [0.4, 0.5) is 0 Å². The molecule has 0 saturated heterocycles. The van der Waals surface area contributed by atoms with Crippen molar-refractivity contribution in [3.8, 4) is 11.5 Å². The van der Waals surface area contributed by atoms with Crippen LogP contribution in [0.2, 0.25) is 0 Å². The molecule has 0 aromatic heterocycles. The third kappa shape index (κ3) is 2.86. The van der Waals surface area contributed by atoms with Gasteiger partial charge in [0, 0.05) is 11.6 Å². The van der Waals surface area contributed by atoms with Gasteiger partial charge in [0.05, 0.1) is 0 Å². The molecule has 2 atom stereocenters. The van der Waals surface area contributed by atoms with Gasteiger partial charge in [-0.05, 0) is 24.6 Å². The van der Waals surface area contributed by atoms with Gasteiger partial charge >= 0.3 is 0 Å². The summed E-state index contributed by atoms with van der Waals surface area (Å²) in [4.78, 5) is 0. The Bertz CT molecular complexity index is 622. The van der Waals surface area contributed by atoms with Crippen LogP contribution in [-0.2, 0) is 5.60 Å². The molecule has 2 N–H and O–H groups in total. The first kappa shape index (κ1) is 13.9. The SMILES string of the molecule is CC(O)(COc1ccc2c(c1)OCC2O)c1ccccc1. The summed E-state index contributed by atoms with van der Waals surface area (Å²) in [6, 6.07) is 14.7. The summed E-state index contributed by atoms with van der Waals surface area (Å²) < 4.78 is 11.0. The number of rotatable bonds is 4. The molecule has 2 aromatic carbocycles. The predicted octanol–water partition coefficient (Wildman–Crippen LogP) is 2.40.